The molecule has 1 saturated carbocycles. The highest BCUT2D eigenvalue weighted by Crippen LogP contribution is 2.35. The fraction of sp³-hybridized carbons (Fsp3) is 0.583. The summed E-state index contributed by atoms with van der Waals surface area (Å²) in [7, 11) is 0. The summed E-state index contributed by atoms with van der Waals surface area (Å²) in [6.07, 6.45) is 10.4. The summed E-state index contributed by atoms with van der Waals surface area (Å²) in [6, 6.07) is 7.60. The number of ketones is 1. The highest BCUT2D eigenvalue weighted by atomic mass is 16.5. The fourth-order valence-corrected chi connectivity index (χ4v) is 4.61. The molecule has 1 aliphatic heterocycles. The van der Waals surface area contributed by atoms with Crippen LogP contribution in [0.4, 0.5) is 5.69 Å². The van der Waals surface area contributed by atoms with Gasteiger partial charge in [0.1, 0.15) is 0 Å². The van der Waals surface area contributed by atoms with Crippen LogP contribution in [0.15, 0.2) is 36.4 Å². The van der Waals surface area contributed by atoms with Crippen LogP contribution in [0.3, 0.4) is 0 Å². The number of Topliss-reactive ketones (excluding diaryl/α,β-unsaturated/α-hetero) is 1. The number of nitrogens with zero attached hydrogens (tertiary/aromatic N) is 1. The molecule has 164 valence electrons. The summed E-state index contributed by atoms with van der Waals surface area (Å²) < 4.78 is 6.24. The minimum atomic E-state index is -0.758. The maximum atomic E-state index is 12.9. The first-order valence-electron chi connectivity index (χ1n) is 11.1. The Bertz CT molecular complexity index is 725. The van der Waals surface area contributed by atoms with Crippen LogP contribution < -0.4 is 5.73 Å². The third kappa shape index (κ3) is 6.41. The molecule has 3 atom stereocenters. The van der Waals surface area contributed by atoms with E-state index in [0.717, 1.165) is 50.0 Å². The molecule has 0 spiro atoms. The lowest BCUT2D eigenvalue weighted by Crippen LogP contribution is -2.46. The number of carboxylic acids is 1. The molecule has 1 saturated heterocycles. The smallest absolute Gasteiger partial charge is 0.303 e. The number of allylic oxidation sites excluding steroid dienone is 2. The van der Waals surface area contributed by atoms with E-state index in [9.17, 15) is 9.59 Å². The number of hydrogen-bond acceptors (Lipinski definition) is 5. The summed E-state index contributed by atoms with van der Waals surface area (Å²) >= 11 is 0. The van der Waals surface area contributed by atoms with Gasteiger partial charge in [-0.05, 0) is 62.9 Å². The van der Waals surface area contributed by atoms with E-state index < -0.39 is 5.97 Å². The van der Waals surface area contributed by atoms with Crippen LogP contribution >= 0.6 is 0 Å². The van der Waals surface area contributed by atoms with Gasteiger partial charge in [0, 0.05) is 24.4 Å². The Balaban J connectivity index is 1.62. The highest BCUT2D eigenvalue weighted by Gasteiger charge is 2.45. The number of carbonyl (C=O) groups excluding carboxylic acids is 1. The molecular formula is C24H34N2O4. The minimum Gasteiger partial charge on any atom is -0.481 e. The second-order valence-corrected chi connectivity index (χ2v) is 8.46. The molecule has 30 heavy (non-hydrogen) atoms. The van der Waals surface area contributed by atoms with Gasteiger partial charge in [0.25, 0.3) is 0 Å². The lowest BCUT2D eigenvalue weighted by Gasteiger charge is -2.35. The maximum absolute atomic E-state index is 12.9. The number of benzene rings is 1. The Kier molecular flexibility index (Phi) is 8.46. The molecule has 3 rings (SSSR count). The predicted octanol–water partition coefficient (Wildman–Crippen LogP) is 3.80. The summed E-state index contributed by atoms with van der Waals surface area (Å²) in [5.74, 6) is -0.324. The van der Waals surface area contributed by atoms with Crippen molar-refractivity contribution in [3.63, 3.8) is 0 Å². The number of rotatable bonds is 10. The Hall–Kier alpha value is -2.18. The maximum Gasteiger partial charge on any atom is 0.303 e. The third-order valence-electron chi connectivity index (χ3n) is 6.18. The molecule has 1 aromatic rings. The van der Waals surface area contributed by atoms with Gasteiger partial charge in [-0.2, -0.15) is 0 Å². The molecule has 6 nitrogen and oxygen atoms in total. The normalized spacial score (nSPS) is 25.2. The summed E-state index contributed by atoms with van der Waals surface area (Å²) in [5, 5.41) is 8.76. The Morgan fingerprint density at radius 2 is 1.90 bits per heavy atom. The van der Waals surface area contributed by atoms with E-state index in [1.165, 1.54) is 6.42 Å². The number of carboxylic acid groups (broad SMARTS) is 1. The average Bonchev–Trinajstić information content (AvgIpc) is 3.05. The Morgan fingerprint density at radius 1 is 1.17 bits per heavy atom. The minimum absolute atomic E-state index is 0.0645. The number of aliphatic carboxylic acids is 1. The Morgan fingerprint density at radius 3 is 2.60 bits per heavy atom. The molecule has 6 heteroatoms. The van der Waals surface area contributed by atoms with E-state index in [1.54, 1.807) is 0 Å². The largest absolute Gasteiger partial charge is 0.481 e. The molecule has 0 bridgehead atoms. The lowest BCUT2D eigenvalue weighted by molar-refractivity contribution is -0.137. The molecular weight excluding hydrogens is 380 g/mol. The zero-order valence-corrected chi connectivity index (χ0v) is 17.7. The van der Waals surface area contributed by atoms with Crippen molar-refractivity contribution in [2.45, 2.75) is 70.1 Å². The van der Waals surface area contributed by atoms with Crippen molar-refractivity contribution >= 4 is 17.4 Å². The second kappa shape index (κ2) is 11.3. The topological polar surface area (TPSA) is 92.9 Å². The number of unbranched alkanes of at least 4 members (excludes halogenated alkanes) is 1. The molecule has 2 fully saturated rings. The van der Waals surface area contributed by atoms with Crippen molar-refractivity contribution in [2.24, 2.45) is 5.92 Å². The zero-order valence-electron chi connectivity index (χ0n) is 17.7. The van der Waals surface area contributed by atoms with Crippen LogP contribution in [0.1, 0.15) is 56.9 Å². The van der Waals surface area contributed by atoms with Crippen molar-refractivity contribution in [3.05, 3.63) is 42.0 Å². The highest BCUT2D eigenvalue weighted by molar-refractivity contribution is 5.87. The molecule has 2 aliphatic rings. The van der Waals surface area contributed by atoms with Gasteiger partial charge < -0.3 is 15.6 Å². The van der Waals surface area contributed by atoms with Gasteiger partial charge >= 0.3 is 5.97 Å². The third-order valence-corrected chi connectivity index (χ3v) is 6.18. The van der Waals surface area contributed by atoms with Gasteiger partial charge in [0.05, 0.1) is 18.8 Å². The van der Waals surface area contributed by atoms with E-state index in [4.69, 9.17) is 15.6 Å². The van der Waals surface area contributed by atoms with E-state index in [-0.39, 0.29) is 24.5 Å². The standard InChI is InChI=1S/C24H34N2O4/c25-19-12-10-18(11-13-19)17-30-22-16-21(27)24(26-14-6-3-7-15-26)20(22)8-4-1-2-5-9-23(28)29/h1,4,10-13,20,22,24H,2-3,5-9,14-17,25H2,(H,28,29)/b4-1-/t20-,22-,24+/m1/s1. The van der Waals surface area contributed by atoms with Crippen molar-refractivity contribution < 1.29 is 19.4 Å². The lowest BCUT2D eigenvalue weighted by atomic mass is 9.94. The summed E-state index contributed by atoms with van der Waals surface area (Å²) in [4.78, 5) is 26.0. The first-order chi connectivity index (χ1) is 14.5. The quantitative estimate of drug-likeness (QED) is 0.344. The molecule has 1 aliphatic carbocycles. The van der Waals surface area contributed by atoms with Gasteiger partial charge in [0.2, 0.25) is 0 Å². The monoisotopic (exact) mass is 414 g/mol. The van der Waals surface area contributed by atoms with Crippen LogP contribution in [0.2, 0.25) is 0 Å². The Labute approximate surface area is 179 Å². The van der Waals surface area contributed by atoms with Gasteiger partial charge in [-0.1, -0.05) is 30.7 Å². The predicted molar refractivity (Wildman–Crippen MR) is 117 cm³/mol. The number of hydrogen-bond donors (Lipinski definition) is 2. The first kappa shape index (κ1) is 22.5. The van der Waals surface area contributed by atoms with Crippen LogP contribution in [0.5, 0.6) is 0 Å². The molecule has 0 radical (unpaired) electrons. The van der Waals surface area contributed by atoms with Crippen LogP contribution in [0.25, 0.3) is 0 Å². The van der Waals surface area contributed by atoms with E-state index >= 15 is 0 Å². The van der Waals surface area contributed by atoms with Crippen LogP contribution in [0, 0.1) is 5.92 Å². The zero-order chi connectivity index (χ0) is 21.3. The molecule has 0 amide bonds. The number of carbonyl (C=O) groups is 2. The summed E-state index contributed by atoms with van der Waals surface area (Å²) in [5.41, 5.74) is 7.55. The number of nitrogens with two attached hydrogens (primary N) is 1. The number of nitrogen functional groups attached to an aromatic ring is 1. The van der Waals surface area contributed by atoms with Crippen LogP contribution in [-0.4, -0.2) is 47.0 Å². The van der Waals surface area contributed by atoms with Crippen molar-refractivity contribution in [3.8, 4) is 0 Å². The first-order valence-corrected chi connectivity index (χ1v) is 11.1. The van der Waals surface area contributed by atoms with Gasteiger partial charge in [-0.25, -0.2) is 0 Å². The number of anilines is 1. The van der Waals surface area contributed by atoms with E-state index in [0.29, 0.717) is 25.2 Å². The summed E-state index contributed by atoms with van der Waals surface area (Å²) in [6.45, 7) is 2.45. The van der Waals surface area contributed by atoms with Gasteiger partial charge in [0.15, 0.2) is 5.78 Å². The molecule has 1 aromatic carbocycles. The van der Waals surface area contributed by atoms with Gasteiger partial charge in [-0.3, -0.25) is 14.5 Å². The molecule has 0 aromatic heterocycles. The molecule has 1 heterocycles. The van der Waals surface area contributed by atoms with Crippen molar-refractivity contribution in [1.29, 1.82) is 0 Å². The van der Waals surface area contributed by atoms with E-state index in [2.05, 4.69) is 17.1 Å². The fourth-order valence-electron chi connectivity index (χ4n) is 4.61. The number of piperidine rings is 1. The van der Waals surface area contributed by atoms with Crippen molar-refractivity contribution in [2.75, 3.05) is 18.8 Å². The SMILES string of the molecule is Nc1ccc(CO[C@@H]2CC(=O)[C@@H](N3CCCCC3)[C@@H]2C/C=C\CCCC(=O)O)cc1. The molecule has 3 N–H and O–H groups in total. The second-order valence-electron chi connectivity index (χ2n) is 8.46. The molecule has 0 unspecified atom stereocenters. The van der Waals surface area contributed by atoms with E-state index in [1.807, 2.05) is 24.3 Å². The van der Waals surface area contributed by atoms with Gasteiger partial charge in [-0.15, -0.1) is 0 Å². The average molecular weight is 415 g/mol. The number of ether oxygens (including phenoxy) is 1. The van der Waals surface area contributed by atoms with Crippen LogP contribution in [-0.2, 0) is 20.9 Å². The van der Waals surface area contributed by atoms with Crippen molar-refractivity contribution in [1.82, 2.24) is 4.90 Å². The number of likely N-dealkylation sites (tertiary alicyclic amines) is 1.